The Morgan fingerprint density at radius 3 is 2.21 bits per heavy atom. The fourth-order valence-electron chi connectivity index (χ4n) is 2.31. The van der Waals surface area contributed by atoms with Crippen LogP contribution in [0, 0.1) is 5.92 Å². The van der Waals surface area contributed by atoms with Gasteiger partial charge in [-0.1, -0.05) is 30.3 Å². The van der Waals surface area contributed by atoms with Crippen molar-refractivity contribution in [2.75, 3.05) is 0 Å². The summed E-state index contributed by atoms with van der Waals surface area (Å²) in [6, 6.07) is 10.7. The second-order valence-electron chi connectivity index (χ2n) is 4.16. The highest BCUT2D eigenvalue weighted by Crippen LogP contribution is 2.34. The van der Waals surface area contributed by atoms with E-state index in [0.29, 0.717) is 11.8 Å². The quantitative estimate of drug-likeness (QED) is 0.651. The fourth-order valence-corrected chi connectivity index (χ4v) is 2.31. The Bertz CT molecular complexity index is 283. The van der Waals surface area contributed by atoms with Crippen molar-refractivity contribution in [3.05, 3.63) is 35.9 Å². The molecule has 1 aromatic rings. The van der Waals surface area contributed by atoms with E-state index in [2.05, 4.69) is 30.3 Å². The average molecular weight is 188 g/mol. The van der Waals surface area contributed by atoms with Gasteiger partial charge in [-0.15, -0.1) is 0 Å². The van der Waals surface area contributed by atoms with Gasteiger partial charge in [0.2, 0.25) is 0 Å². The Morgan fingerprint density at radius 2 is 1.64 bits per heavy atom. The van der Waals surface area contributed by atoms with Gasteiger partial charge in [0.25, 0.3) is 0 Å². The molecule has 0 aromatic heterocycles. The van der Waals surface area contributed by atoms with Gasteiger partial charge in [-0.3, -0.25) is 0 Å². The Hall–Kier alpha value is -1.11. The molecule has 0 amide bonds. The van der Waals surface area contributed by atoms with E-state index < -0.39 is 0 Å². The molecule has 1 saturated carbocycles. The first-order valence-corrected chi connectivity index (χ1v) is 5.40. The Balaban J connectivity index is 1.99. The number of rotatable bonds is 2. The van der Waals surface area contributed by atoms with E-state index in [1.54, 1.807) is 0 Å². The molecule has 1 aliphatic rings. The van der Waals surface area contributed by atoms with E-state index in [1.165, 1.54) is 18.4 Å². The van der Waals surface area contributed by atoms with Crippen LogP contribution < -0.4 is 0 Å². The third kappa shape index (κ3) is 2.03. The number of hydrogen-bond donors (Lipinski definition) is 0. The van der Waals surface area contributed by atoms with E-state index in [9.17, 15) is 4.79 Å². The molecule has 0 aliphatic heterocycles. The van der Waals surface area contributed by atoms with Gasteiger partial charge in [-0.25, -0.2) is 0 Å². The molecule has 74 valence electrons. The number of benzene rings is 1. The molecule has 0 saturated heterocycles. The molecule has 0 unspecified atom stereocenters. The molecule has 2 rings (SSSR count). The molecular formula is C13H16O. The number of carbonyl (C=O) groups is 1. The summed E-state index contributed by atoms with van der Waals surface area (Å²) in [6.07, 6.45) is 5.62. The smallest absolute Gasteiger partial charge is 0.123 e. The zero-order valence-corrected chi connectivity index (χ0v) is 8.36. The summed E-state index contributed by atoms with van der Waals surface area (Å²) in [6.45, 7) is 0. The van der Waals surface area contributed by atoms with Crippen LogP contribution in [-0.4, -0.2) is 6.29 Å². The van der Waals surface area contributed by atoms with Gasteiger partial charge in [0.05, 0.1) is 0 Å². The number of carbonyl (C=O) groups excluding carboxylic acids is 1. The summed E-state index contributed by atoms with van der Waals surface area (Å²) < 4.78 is 0. The minimum absolute atomic E-state index is 0.329. The molecule has 1 heteroatoms. The first-order chi connectivity index (χ1) is 6.90. The van der Waals surface area contributed by atoms with Crippen LogP contribution in [-0.2, 0) is 4.79 Å². The van der Waals surface area contributed by atoms with Crippen LogP contribution in [0.5, 0.6) is 0 Å². The van der Waals surface area contributed by atoms with E-state index in [-0.39, 0.29) is 0 Å². The maximum absolute atomic E-state index is 10.6. The van der Waals surface area contributed by atoms with Gasteiger partial charge < -0.3 is 4.79 Å². The highest BCUT2D eigenvalue weighted by molar-refractivity contribution is 5.53. The second-order valence-corrected chi connectivity index (χ2v) is 4.16. The molecule has 1 aromatic carbocycles. The second kappa shape index (κ2) is 4.41. The summed E-state index contributed by atoms with van der Waals surface area (Å²) in [7, 11) is 0. The highest BCUT2D eigenvalue weighted by atomic mass is 16.1. The molecule has 0 radical (unpaired) electrons. The van der Waals surface area contributed by atoms with E-state index in [4.69, 9.17) is 0 Å². The van der Waals surface area contributed by atoms with Gasteiger partial charge in [0.15, 0.2) is 0 Å². The lowest BCUT2D eigenvalue weighted by molar-refractivity contribution is -0.111. The largest absolute Gasteiger partial charge is 0.303 e. The zero-order chi connectivity index (χ0) is 9.80. The van der Waals surface area contributed by atoms with E-state index >= 15 is 0 Å². The third-order valence-electron chi connectivity index (χ3n) is 3.24. The van der Waals surface area contributed by atoms with Crippen LogP contribution in [0.1, 0.15) is 37.2 Å². The molecule has 0 bridgehead atoms. The topological polar surface area (TPSA) is 17.1 Å². The molecule has 14 heavy (non-hydrogen) atoms. The van der Waals surface area contributed by atoms with Crippen molar-refractivity contribution in [2.45, 2.75) is 31.6 Å². The van der Waals surface area contributed by atoms with Crippen LogP contribution in [0.25, 0.3) is 0 Å². The standard InChI is InChI=1S/C13H16O/c14-10-11-6-8-13(9-7-11)12-4-2-1-3-5-12/h1-5,10-11,13H,6-9H2/t11-,13+. The van der Waals surface area contributed by atoms with Crippen LogP contribution in [0.3, 0.4) is 0 Å². The van der Waals surface area contributed by atoms with Crippen LogP contribution in [0.15, 0.2) is 30.3 Å². The van der Waals surface area contributed by atoms with Gasteiger partial charge >= 0.3 is 0 Å². The van der Waals surface area contributed by atoms with E-state index in [0.717, 1.165) is 19.1 Å². The Labute approximate surface area is 85.1 Å². The van der Waals surface area contributed by atoms with Crippen molar-refractivity contribution in [2.24, 2.45) is 5.92 Å². The molecular weight excluding hydrogens is 172 g/mol. The van der Waals surface area contributed by atoms with Gasteiger partial charge in [-0.05, 0) is 37.2 Å². The molecule has 0 heterocycles. The lowest BCUT2D eigenvalue weighted by atomic mass is 9.79. The Kier molecular flexibility index (Phi) is 2.97. The van der Waals surface area contributed by atoms with Crippen LogP contribution in [0.2, 0.25) is 0 Å². The van der Waals surface area contributed by atoms with Gasteiger partial charge in [0, 0.05) is 5.92 Å². The lowest BCUT2D eigenvalue weighted by Crippen LogP contribution is -2.13. The van der Waals surface area contributed by atoms with Crippen LogP contribution >= 0.6 is 0 Å². The van der Waals surface area contributed by atoms with Crippen LogP contribution in [0.4, 0.5) is 0 Å². The van der Waals surface area contributed by atoms with Crippen molar-refractivity contribution in [3.63, 3.8) is 0 Å². The van der Waals surface area contributed by atoms with Crippen molar-refractivity contribution < 1.29 is 4.79 Å². The van der Waals surface area contributed by atoms with Gasteiger partial charge in [-0.2, -0.15) is 0 Å². The van der Waals surface area contributed by atoms with Crippen molar-refractivity contribution in [1.82, 2.24) is 0 Å². The maximum Gasteiger partial charge on any atom is 0.123 e. The Morgan fingerprint density at radius 1 is 1.00 bits per heavy atom. The molecule has 0 atom stereocenters. The molecule has 1 fully saturated rings. The maximum atomic E-state index is 10.6. The minimum atomic E-state index is 0.329. The lowest BCUT2D eigenvalue weighted by Gasteiger charge is -2.25. The normalized spacial score (nSPS) is 27.1. The summed E-state index contributed by atoms with van der Waals surface area (Å²) >= 11 is 0. The molecule has 1 nitrogen and oxygen atoms in total. The molecule has 1 aliphatic carbocycles. The molecule has 0 spiro atoms. The first-order valence-electron chi connectivity index (χ1n) is 5.40. The van der Waals surface area contributed by atoms with Gasteiger partial charge in [0.1, 0.15) is 6.29 Å². The summed E-state index contributed by atoms with van der Waals surface area (Å²) in [5, 5.41) is 0. The summed E-state index contributed by atoms with van der Waals surface area (Å²) in [5.41, 5.74) is 1.44. The average Bonchev–Trinajstić information content (AvgIpc) is 2.30. The summed E-state index contributed by atoms with van der Waals surface area (Å²) in [4.78, 5) is 10.6. The molecule has 0 N–H and O–H groups in total. The predicted octanol–water partition coefficient (Wildman–Crippen LogP) is 3.16. The number of hydrogen-bond acceptors (Lipinski definition) is 1. The summed E-state index contributed by atoms with van der Waals surface area (Å²) in [5.74, 6) is 1.02. The van der Waals surface area contributed by atoms with Crippen molar-refractivity contribution in [1.29, 1.82) is 0 Å². The third-order valence-corrected chi connectivity index (χ3v) is 3.24. The minimum Gasteiger partial charge on any atom is -0.303 e. The zero-order valence-electron chi connectivity index (χ0n) is 8.36. The SMILES string of the molecule is O=C[C@H]1CC[C@@H](c2ccccc2)CC1. The monoisotopic (exact) mass is 188 g/mol. The highest BCUT2D eigenvalue weighted by Gasteiger charge is 2.21. The number of aldehydes is 1. The predicted molar refractivity (Wildman–Crippen MR) is 57.2 cm³/mol. The first kappa shape index (κ1) is 9.45. The van der Waals surface area contributed by atoms with Crippen molar-refractivity contribution in [3.8, 4) is 0 Å². The fraction of sp³-hybridized carbons (Fsp3) is 0.462. The van der Waals surface area contributed by atoms with Crippen molar-refractivity contribution >= 4 is 6.29 Å². The van der Waals surface area contributed by atoms with E-state index in [1.807, 2.05) is 0 Å².